The molecule has 0 aromatic heterocycles. The van der Waals surface area contributed by atoms with Gasteiger partial charge in [0, 0.05) is 6.07 Å². The Kier molecular flexibility index (Phi) is 11.9. The molecule has 0 radical (unpaired) electrons. The van der Waals surface area contributed by atoms with Gasteiger partial charge in [-0.3, -0.25) is 0 Å². The van der Waals surface area contributed by atoms with Crippen molar-refractivity contribution in [3.8, 4) is 17.2 Å². The summed E-state index contributed by atoms with van der Waals surface area (Å²) in [5.74, 6) is 0.0830. The molecule has 0 spiro atoms. The van der Waals surface area contributed by atoms with Crippen molar-refractivity contribution < 1.29 is 33.3 Å². The highest BCUT2D eigenvalue weighted by atomic mass is 35.5. The van der Waals surface area contributed by atoms with Crippen molar-refractivity contribution >= 4 is 35.1 Å². The standard InChI is InChI=1S/C14H11ClO3.C8H6ClFO2.C6H6O/c1-17-14(16)12-8-7-11(9-13(12)15)18-10-5-3-2-4-6-10;1-12-8(11)6-3-2-5(10)4-7(6)9;7-6-4-2-1-3-5-6/h2-9H,1H3;2-4H,1H3;1-5,7H. The summed E-state index contributed by atoms with van der Waals surface area (Å²) in [7, 11) is 2.55. The van der Waals surface area contributed by atoms with Gasteiger partial charge >= 0.3 is 11.9 Å². The predicted octanol–water partition coefficient (Wildman–Crippen LogP) is 7.58. The van der Waals surface area contributed by atoms with E-state index >= 15 is 0 Å². The Hall–Kier alpha value is -4.07. The van der Waals surface area contributed by atoms with Crippen LogP contribution in [0.15, 0.2) is 97.1 Å². The lowest BCUT2D eigenvalue weighted by Gasteiger charge is -2.07. The lowest BCUT2D eigenvalue weighted by atomic mass is 10.2. The lowest BCUT2D eigenvalue weighted by molar-refractivity contribution is 0.0592. The van der Waals surface area contributed by atoms with Gasteiger partial charge in [-0.1, -0.05) is 59.6 Å². The molecule has 0 fully saturated rings. The lowest BCUT2D eigenvalue weighted by Crippen LogP contribution is -2.01. The summed E-state index contributed by atoms with van der Waals surface area (Å²) in [5, 5.41) is 8.99. The highest BCUT2D eigenvalue weighted by molar-refractivity contribution is 6.34. The molecule has 0 aliphatic heterocycles. The zero-order valence-corrected chi connectivity index (χ0v) is 21.4. The molecule has 37 heavy (non-hydrogen) atoms. The smallest absolute Gasteiger partial charge is 0.339 e. The molecular formula is C28H23Cl2FO6. The number of esters is 2. The molecule has 4 aromatic carbocycles. The van der Waals surface area contributed by atoms with Crippen LogP contribution >= 0.6 is 23.2 Å². The minimum atomic E-state index is -0.569. The average molecular weight is 545 g/mol. The summed E-state index contributed by atoms with van der Waals surface area (Å²) in [6, 6.07) is 26.4. The molecule has 0 atom stereocenters. The van der Waals surface area contributed by atoms with Crippen molar-refractivity contribution in [2.75, 3.05) is 14.2 Å². The Morgan fingerprint density at radius 3 is 1.59 bits per heavy atom. The Balaban J connectivity index is 0.000000217. The summed E-state index contributed by atoms with van der Waals surface area (Å²) < 4.78 is 27.1. The maximum Gasteiger partial charge on any atom is 0.339 e. The van der Waals surface area contributed by atoms with Crippen molar-refractivity contribution in [3.05, 3.63) is 124 Å². The first-order chi connectivity index (χ1) is 17.7. The average Bonchev–Trinajstić information content (AvgIpc) is 2.90. The number of hydrogen-bond donors (Lipinski definition) is 1. The van der Waals surface area contributed by atoms with E-state index < -0.39 is 17.8 Å². The van der Waals surface area contributed by atoms with Crippen LogP contribution in [0.25, 0.3) is 0 Å². The predicted molar refractivity (Wildman–Crippen MR) is 140 cm³/mol. The van der Waals surface area contributed by atoms with E-state index in [1.165, 1.54) is 20.3 Å². The summed E-state index contributed by atoms with van der Waals surface area (Å²) >= 11 is 11.6. The number of rotatable bonds is 4. The Labute approximate surface area is 223 Å². The van der Waals surface area contributed by atoms with E-state index in [1.54, 1.807) is 42.5 Å². The fourth-order valence-electron chi connectivity index (χ4n) is 2.65. The van der Waals surface area contributed by atoms with Gasteiger partial charge < -0.3 is 19.3 Å². The number of phenolic OH excluding ortho intramolecular Hbond substituents is 1. The maximum absolute atomic E-state index is 12.5. The molecule has 0 saturated heterocycles. The van der Waals surface area contributed by atoms with Gasteiger partial charge in [0.25, 0.3) is 0 Å². The van der Waals surface area contributed by atoms with Crippen molar-refractivity contribution in [1.29, 1.82) is 0 Å². The largest absolute Gasteiger partial charge is 0.508 e. The molecule has 0 saturated carbocycles. The van der Waals surface area contributed by atoms with E-state index in [-0.39, 0.29) is 10.6 Å². The number of hydrogen-bond acceptors (Lipinski definition) is 6. The van der Waals surface area contributed by atoms with Gasteiger partial charge in [-0.2, -0.15) is 0 Å². The van der Waals surface area contributed by atoms with E-state index in [2.05, 4.69) is 9.47 Å². The van der Waals surface area contributed by atoms with E-state index in [0.717, 1.165) is 12.1 Å². The number of ether oxygens (including phenoxy) is 3. The molecule has 0 aliphatic rings. The van der Waals surface area contributed by atoms with Gasteiger partial charge in [0.15, 0.2) is 0 Å². The molecule has 4 rings (SSSR count). The van der Waals surface area contributed by atoms with Crippen LogP contribution in [0.1, 0.15) is 20.7 Å². The Morgan fingerprint density at radius 1 is 0.676 bits per heavy atom. The first-order valence-corrected chi connectivity index (χ1v) is 11.4. The van der Waals surface area contributed by atoms with Crippen molar-refractivity contribution in [1.82, 2.24) is 0 Å². The van der Waals surface area contributed by atoms with Crippen molar-refractivity contribution in [2.24, 2.45) is 0 Å². The van der Waals surface area contributed by atoms with Crippen molar-refractivity contribution in [3.63, 3.8) is 0 Å². The number of aromatic hydroxyl groups is 1. The number of methoxy groups -OCH3 is 2. The zero-order valence-electron chi connectivity index (χ0n) is 19.9. The van der Waals surface area contributed by atoms with Crippen LogP contribution in [0.2, 0.25) is 10.0 Å². The molecule has 0 heterocycles. The highest BCUT2D eigenvalue weighted by Crippen LogP contribution is 2.27. The number of phenols is 1. The summed E-state index contributed by atoms with van der Waals surface area (Å²) in [4.78, 5) is 22.3. The molecule has 0 unspecified atom stereocenters. The van der Waals surface area contributed by atoms with Gasteiger partial charge in [0.1, 0.15) is 23.1 Å². The topological polar surface area (TPSA) is 82.1 Å². The molecule has 4 aromatic rings. The van der Waals surface area contributed by atoms with Crippen molar-refractivity contribution in [2.45, 2.75) is 0 Å². The number of carbonyl (C=O) groups is 2. The Bertz CT molecular complexity index is 1300. The molecule has 192 valence electrons. The van der Waals surface area contributed by atoms with E-state index in [9.17, 15) is 14.0 Å². The van der Waals surface area contributed by atoms with Gasteiger partial charge in [-0.25, -0.2) is 14.0 Å². The van der Waals surface area contributed by atoms with E-state index in [0.29, 0.717) is 27.8 Å². The molecule has 1 N–H and O–H groups in total. The van der Waals surface area contributed by atoms with Crippen LogP contribution in [-0.2, 0) is 9.47 Å². The van der Waals surface area contributed by atoms with Gasteiger partial charge in [0.2, 0.25) is 0 Å². The molecule has 9 heteroatoms. The number of halogens is 3. The van der Waals surface area contributed by atoms with Gasteiger partial charge in [0.05, 0.1) is 35.4 Å². The first kappa shape index (κ1) is 29.2. The maximum atomic E-state index is 12.5. The fraction of sp³-hybridized carbons (Fsp3) is 0.0714. The molecule has 0 bridgehead atoms. The van der Waals surface area contributed by atoms with Crippen LogP contribution in [0.4, 0.5) is 4.39 Å². The molecular weight excluding hydrogens is 522 g/mol. The highest BCUT2D eigenvalue weighted by Gasteiger charge is 2.12. The fourth-order valence-corrected chi connectivity index (χ4v) is 3.14. The first-order valence-electron chi connectivity index (χ1n) is 10.6. The zero-order chi connectivity index (χ0) is 27.2. The third-order valence-corrected chi connectivity index (χ3v) is 5.04. The van der Waals surface area contributed by atoms with Gasteiger partial charge in [-0.05, 0) is 54.6 Å². The van der Waals surface area contributed by atoms with Crippen LogP contribution in [0.3, 0.4) is 0 Å². The quantitative estimate of drug-likeness (QED) is 0.266. The second kappa shape index (κ2) is 15.1. The summed E-state index contributed by atoms with van der Waals surface area (Å²) in [5.41, 5.74) is 0.486. The number of carbonyl (C=O) groups excluding carboxylic acids is 2. The molecule has 0 amide bonds. The van der Waals surface area contributed by atoms with E-state index in [4.69, 9.17) is 33.0 Å². The normalized spacial score (nSPS) is 9.54. The minimum absolute atomic E-state index is 0.0573. The summed E-state index contributed by atoms with van der Waals surface area (Å²) in [6.07, 6.45) is 0. The second-order valence-corrected chi connectivity index (χ2v) is 7.81. The molecule has 6 nitrogen and oxygen atoms in total. The Morgan fingerprint density at radius 2 is 1.16 bits per heavy atom. The van der Waals surface area contributed by atoms with Crippen LogP contribution in [0, 0.1) is 5.82 Å². The number of benzene rings is 4. The number of para-hydroxylation sites is 2. The minimum Gasteiger partial charge on any atom is -0.508 e. The second-order valence-electron chi connectivity index (χ2n) is 7.00. The third kappa shape index (κ3) is 9.83. The van der Waals surface area contributed by atoms with Gasteiger partial charge in [-0.15, -0.1) is 0 Å². The monoisotopic (exact) mass is 544 g/mol. The summed E-state index contributed by atoms with van der Waals surface area (Å²) in [6.45, 7) is 0. The SMILES string of the molecule is COC(=O)c1ccc(F)cc1Cl.COC(=O)c1ccc(Oc2ccccc2)cc1Cl.Oc1ccccc1. The molecule has 0 aliphatic carbocycles. The van der Waals surface area contributed by atoms with Crippen LogP contribution in [0.5, 0.6) is 17.2 Å². The van der Waals surface area contributed by atoms with E-state index in [1.807, 2.05) is 36.4 Å². The van der Waals surface area contributed by atoms with Crippen LogP contribution < -0.4 is 4.74 Å². The van der Waals surface area contributed by atoms with Crippen LogP contribution in [-0.4, -0.2) is 31.3 Å². The third-order valence-electron chi connectivity index (χ3n) is 4.42.